The number of nitrogens with one attached hydrogen (secondary N) is 2. The summed E-state index contributed by atoms with van der Waals surface area (Å²) in [6.07, 6.45) is 1.02. The van der Waals surface area contributed by atoms with Crippen LogP contribution in [0.25, 0.3) is 0 Å². The van der Waals surface area contributed by atoms with Gasteiger partial charge in [-0.3, -0.25) is 9.59 Å². The molecule has 2 aromatic rings. The number of esters is 1. The minimum Gasteiger partial charge on any atom is -0.455 e. The molecule has 1 aromatic heterocycles. The normalized spacial score (nSPS) is 12.4. The number of aryl methyl sites for hydroxylation is 2. The fourth-order valence-electron chi connectivity index (χ4n) is 2.61. The molecule has 0 aliphatic carbocycles. The van der Waals surface area contributed by atoms with Crippen molar-refractivity contribution in [3.8, 4) is 0 Å². The van der Waals surface area contributed by atoms with E-state index in [0.29, 0.717) is 11.6 Å². The lowest BCUT2D eigenvalue weighted by atomic mass is 9.99. The molecule has 1 heterocycles. The van der Waals surface area contributed by atoms with E-state index in [0.717, 1.165) is 6.42 Å². The Balaban J connectivity index is 1.81. The van der Waals surface area contributed by atoms with Crippen LogP contribution in [0.3, 0.4) is 0 Å². The summed E-state index contributed by atoms with van der Waals surface area (Å²) in [6, 6.07) is 7.41. The molecule has 29 heavy (non-hydrogen) atoms. The summed E-state index contributed by atoms with van der Waals surface area (Å²) < 4.78 is 36.2. The first-order chi connectivity index (χ1) is 13.6. The minimum atomic E-state index is -3.98. The number of anilines is 1. The number of hydrogen-bond donors (Lipinski definition) is 2. The first-order valence-corrected chi connectivity index (χ1v) is 10.6. The molecule has 0 saturated carbocycles. The van der Waals surface area contributed by atoms with E-state index >= 15 is 0 Å². The second kappa shape index (κ2) is 9.66. The van der Waals surface area contributed by atoms with E-state index in [2.05, 4.69) is 29.0 Å². The molecular weight excluding hydrogens is 398 g/mol. The van der Waals surface area contributed by atoms with Crippen LogP contribution in [0.15, 0.2) is 33.7 Å². The van der Waals surface area contributed by atoms with E-state index in [1.54, 1.807) is 12.1 Å². The topological polar surface area (TPSA) is 128 Å². The van der Waals surface area contributed by atoms with Crippen molar-refractivity contribution in [1.29, 1.82) is 0 Å². The van der Waals surface area contributed by atoms with Gasteiger partial charge in [-0.1, -0.05) is 31.1 Å². The Labute approximate surface area is 169 Å². The number of ether oxygens (including phenoxy) is 1. The first-order valence-electron chi connectivity index (χ1n) is 9.12. The minimum absolute atomic E-state index is 0.113. The molecule has 1 aromatic carbocycles. The van der Waals surface area contributed by atoms with E-state index < -0.39 is 35.1 Å². The van der Waals surface area contributed by atoms with Crippen LogP contribution in [-0.2, 0) is 24.3 Å². The van der Waals surface area contributed by atoms with Crippen LogP contribution in [0, 0.1) is 13.8 Å². The van der Waals surface area contributed by atoms with Gasteiger partial charge in [0.25, 0.3) is 5.91 Å². The van der Waals surface area contributed by atoms with Gasteiger partial charge >= 0.3 is 5.97 Å². The Bertz CT molecular complexity index is 947. The molecule has 0 aliphatic heterocycles. The number of rotatable bonds is 9. The van der Waals surface area contributed by atoms with E-state index in [1.807, 2.05) is 12.1 Å². The van der Waals surface area contributed by atoms with Gasteiger partial charge in [-0.05, 0) is 43.9 Å². The third-order valence-corrected chi connectivity index (χ3v) is 6.03. The maximum atomic E-state index is 12.2. The molecule has 0 spiro atoms. The van der Waals surface area contributed by atoms with Crippen molar-refractivity contribution in [3.05, 3.63) is 41.3 Å². The highest BCUT2D eigenvalue weighted by Crippen LogP contribution is 2.20. The van der Waals surface area contributed by atoms with Gasteiger partial charge in [0.15, 0.2) is 12.4 Å². The van der Waals surface area contributed by atoms with Crippen molar-refractivity contribution >= 4 is 27.6 Å². The van der Waals surface area contributed by atoms with Crippen LogP contribution in [0.5, 0.6) is 0 Å². The summed E-state index contributed by atoms with van der Waals surface area (Å²) in [4.78, 5) is 23.6. The summed E-state index contributed by atoms with van der Waals surface area (Å²) >= 11 is 0. The second-order valence-corrected chi connectivity index (χ2v) is 8.32. The van der Waals surface area contributed by atoms with Crippen molar-refractivity contribution in [2.45, 2.75) is 44.9 Å². The van der Waals surface area contributed by atoms with Gasteiger partial charge in [0.05, 0.1) is 0 Å². The summed E-state index contributed by atoms with van der Waals surface area (Å²) in [6.45, 7) is 5.99. The molecule has 2 N–H and O–H groups in total. The van der Waals surface area contributed by atoms with Gasteiger partial charge in [0.2, 0.25) is 10.0 Å². The molecule has 158 valence electrons. The van der Waals surface area contributed by atoms with Crippen LogP contribution in [0.1, 0.15) is 43.2 Å². The predicted octanol–water partition coefficient (Wildman–Crippen LogP) is 2.27. The number of carbonyl (C=O) groups excluding carboxylic acids is 2. The van der Waals surface area contributed by atoms with Crippen LogP contribution in [-0.4, -0.2) is 38.6 Å². The van der Waals surface area contributed by atoms with Crippen molar-refractivity contribution in [3.63, 3.8) is 0 Å². The van der Waals surface area contributed by atoms with Crippen LogP contribution in [0.4, 0.5) is 5.69 Å². The third-order valence-electron chi connectivity index (χ3n) is 4.38. The highest BCUT2D eigenvalue weighted by atomic mass is 32.2. The van der Waals surface area contributed by atoms with Gasteiger partial charge in [0, 0.05) is 5.69 Å². The number of sulfonamides is 1. The number of hydrogen-bond acceptors (Lipinski definition) is 7. The molecule has 1 atom stereocenters. The molecular formula is C19H25N3O6S. The first kappa shape index (κ1) is 22.6. The summed E-state index contributed by atoms with van der Waals surface area (Å²) in [7, 11) is -3.98. The Hall–Kier alpha value is -2.72. The largest absolute Gasteiger partial charge is 0.455 e. The molecule has 2 rings (SSSR count). The Morgan fingerprint density at radius 1 is 1.21 bits per heavy atom. The zero-order chi connectivity index (χ0) is 21.6. The standard InChI is InChI=1S/C19H25N3O6S/c1-5-12(2)15-6-8-16(9-7-15)21-17(23)11-27-18(24)10-20-29(25,26)19-13(3)22-28-14(19)4/h6-9,12,20H,5,10-11H2,1-4H3,(H,21,23)/t12-/m0/s1. The lowest BCUT2D eigenvalue weighted by Gasteiger charge is -2.11. The van der Waals surface area contributed by atoms with E-state index in [-0.39, 0.29) is 16.3 Å². The maximum Gasteiger partial charge on any atom is 0.321 e. The molecule has 1 amide bonds. The highest BCUT2D eigenvalue weighted by Gasteiger charge is 2.25. The molecule has 0 radical (unpaired) electrons. The molecule has 0 aliphatic rings. The van der Waals surface area contributed by atoms with Crippen molar-refractivity contribution in [1.82, 2.24) is 9.88 Å². The monoisotopic (exact) mass is 423 g/mol. The fourth-order valence-corrected chi connectivity index (χ4v) is 3.90. The molecule has 0 fully saturated rings. The van der Waals surface area contributed by atoms with Crippen LogP contribution < -0.4 is 10.0 Å². The summed E-state index contributed by atoms with van der Waals surface area (Å²) in [5.41, 5.74) is 1.93. The number of benzene rings is 1. The third kappa shape index (κ3) is 6.13. The quantitative estimate of drug-likeness (QED) is 0.592. The number of amides is 1. The number of nitrogens with zero attached hydrogens (tertiary/aromatic N) is 1. The summed E-state index contributed by atoms with van der Waals surface area (Å²) in [5.74, 6) is -0.872. The average Bonchev–Trinajstić information content (AvgIpc) is 3.03. The number of aromatic nitrogens is 1. The van der Waals surface area contributed by atoms with Gasteiger partial charge in [-0.2, -0.15) is 4.72 Å². The van der Waals surface area contributed by atoms with Gasteiger partial charge < -0.3 is 14.6 Å². The SMILES string of the molecule is CC[C@H](C)c1ccc(NC(=O)COC(=O)CNS(=O)(=O)c2c(C)noc2C)cc1. The fraction of sp³-hybridized carbons (Fsp3) is 0.421. The molecule has 0 unspecified atom stereocenters. The van der Waals surface area contributed by atoms with E-state index in [9.17, 15) is 18.0 Å². The molecule has 0 bridgehead atoms. The Kier molecular flexibility index (Phi) is 7.52. The van der Waals surface area contributed by atoms with Gasteiger partial charge in [-0.25, -0.2) is 8.42 Å². The lowest BCUT2D eigenvalue weighted by Crippen LogP contribution is -2.32. The Morgan fingerprint density at radius 3 is 2.41 bits per heavy atom. The molecule has 10 heteroatoms. The predicted molar refractivity (Wildman–Crippen MR) is 106 cm³/mol. The van der Waals surface area contributed by atoms with Crippen LogP contribution >= 0.6 is 0 Å². The van der Waals surface area contributed by atoms with Gasteiger partial charge in [-0.15, -0.1) is 0 Å². The highest BCUT2D eigenvalue weighted by molar-refractivity contribution is 7.89. The molecule has 9 nitrogen and oxygen atoms in total. The second-order valence-electron chi connectivity index (χ2n) is 6.62. The maximum absolute atomic E-state index is 12.2. The van der Waals surface area contributed by atoms with E-state index in [1.165, 1.54) is 19.4 Å². The average molecular weight is 423 g/mol. The number of carbonyl (C=O) groups is 2. The zero-order valence-corrected chi connectivity index (χ0v) is 17.6. The van der Waals surface area contributed by atoms with Crippen LogP contribution in [0.2, 0.25) is 0 Å². The van der Waals surface area contributed by atoms with E-state index in [4.69, 9.17) is 9.26 Å². The Morgan fingerprint density at radius 2 is 1.86 bits per heavy atom. The van der Waals surface area contributed by atoms with Gasteiger partial charge in [0.1, 0.15) is 17.1 Å². The van der Waals surface area contributed by atoms with Crippen molar-refractivity contribution < 1.29 is 27.3 Å². The summed E-state index contributed by atoms with van der Waals surface area (Å²) in [5, 5.41) is 6.18. The smallest absolute Gasteiger partial charge is 0.321 e. The zero-order valence-electron chi connectivity index (χ0n) is 16.8. The molecule has 0 saturated heterocycles. The van der Waals surface area contributed by atoms with Crippen molar-refractivity contribution in [2.75, 3.05) is 18.5 Å². The van der Waals surface area contributed by atoms with Crippen molar-refractivity contribution in [2.24, 2.45) is 0 Å². The lowest BCUT2D eigenvalue weighted by molar-refractivity contribution is -0.146.